The smallest absolute Gasteiger partial charge is 0.276 e. The van der Waals surface area contributed by atoms with Gasteiger partial charge < -0.3 is 0 Å². The molecular formula is C9H9BrN4O2S. The fourth-order valence-electron chi connectivity index (χ4n) is 1.28. The number of rotatable bonds is 3. The lowest BCUT2D eigenvalue weighted by Gasteiger charge is -2.08. The second-order valence-electron chi connectivity index (χ2n) is 3.24. The predicted molar refractivity (Wildman–Crippen MR) is 66.0 cm³/mol. The van der Waals surface area contributed by atoms with Crippen molar-refractivity contribution in [3.05, 3.63) is 35.2 Å². The Bertz CT molecular complexity index is 638. The Morgan fingerprint density at radius 3 is 2.71 bits per heavy atom. The molecule has 0 fully saturated rings. The zero-order valence-electron chi connectivity index (χ0n) is 8.83. The van der Waals surface area contributed by atoms with Crippen LogP contribution < -0.4 is 4.72 Å². The Labute approximate surface area is 107 Å². The molecule has 0 amide bonds. The first-order chi connectivity index (χ1) is 8.00. The van der Waals surface area contributed by atoms with E-state index in [0.29, 0.717) is 10.3 Å². The molecule has 0 unspecified atom stereocenters. The molecule has 17 heavy (non-hydrogen) atoms. The number of hydrogen-bond acceptors (Lipinski definition) is 4. The molecule has 2 heterocycles. The molecule has 2 aromatic rings. The minimum atomic E-state index is -3.64. The molecule has 0 aliphatic heterocycles. The first-order valence-electron chi connectivity index (χ1n) is 4.62. The molecular weight excluding hydrogens is 308 g/mol. The first kappa shape index (κ1) is 12.1. The number of pyridine rings is 1. The van der Waals surface area contributed by atoms with Crippen molar-refractivity contribution in [2.24, 2.45) is 7.05 Å². The van der Waals surface area contributed by atoms with Crippen molar-refractivity contribution in [2.45, 2.75) is 5.03 Å². The van der Waals surface area contributed by atoms with Gasteiger partial charge in [-0.2, -0.15) is 13.5 Å². The second kappa shape index (κ2) is 4.46. The van der Waals surface area contributed by atoms with Crippen molar-refractivity contribution in [2.75, 3.05) is 4.72 Å². The summed E-state index contributed by atoms with van der Waals surface area (Å²) < 4.78 is 28.2. The van der Waals surface area contributed by atoms with Crippen molar-refractivity contribution in [3.63, 3.8) is 0 Å². The molecule has 0 aliphatic carbocycles. The highest BCUT2D eigenvalue weighted by atomic mass is 79.9. The minimum absolute atomic E-state index is 0.0910. The van der Waals surface area contributed by atoms with Gasteiger partial charge in [0.25, 0.3) is 10.0 Å². The number of aromatic nitrogens is 3. The lowest BCUT2D eigenvalue weighted by molar-refractivity contribution is 0.582. The van der Waals surface area contributed by atoms with E-state index in [1.165, 1.54) is 16.9 Å². The van der Waals surface area contributed by atoms with Gasteiger partial charge >= 0.3 is 0 Å². The molecule has 0 aliphatic rings. The molecule has 0 bridgehead atoms. The van der Waals surface area contributed by atoms with E-state index in [2.05, 4.69) is 30.7 Å². The van der Waals surface area contributed by atoms with Gasteiger partial charge in [-0.25, -0.2) is 4.98 Å². The topological polar surface area (TPSA) is 76.9 Å². The molecule has 6 nitrogen and oxygen atoms in total. The molecule has 0 saturated heterocycles. The van der Waals surface area contributed by atoms with Gasteiger partial charge in [-0.1, -0.05) is 0 Å². The van der Waals surface area contributed by atoms with Crippen molar-refractivity contribution in [3.8, 4) is 0 Å². The van der Waals surface area contributed by atoms with Crippen LogP contribution in [0.15, 0.2) is 40.2 Å². The summed E-state index contributed by atoms with van der Waals surface area (Å²) in [5.74, 6) is 0. The van der Waals surface area contributed by atoms with Gasteiger partial charge in [0.05, 0.1) is 11.9 Å². The highest BCUT2D eigenvalue weighted by Gasteiger charge is 2.19. The molecule has 0 aromatic carbocycles. The van der Waals surface area contributed by atoms with Gasteiger partial charge in [-0.05, 0) is 34.1 Å². The number of sulfonamides is 1. The van der Waals surface area contributed by atoms with Crippen LogP contribution >= 0.6 is 15.9 Å². The standard InChI is InChI=1S/C9H9BrN4O2S/c1-14-8(4-6-12-14)17(15,16)13-7-3-2-5-11-9(7)10/h2-6,13H,1H3. The van der Waals surface area contributed by atoms with Gasteiger partial charge in [0, 0.05) is 13.2 Å². The summed E-state index contributed by atoms with van der Waals surface area (Å²) in [4.78, 5) is 3.93. The van der Waals surface area contributed by atoms with Crippen LogP contribution in [0.3, 0.4) is 0 Å². The highest BCUT2D eigenvalue weighted by Crippen LogP contribution is 2.21. The summed E-state index contributed by atoms with van der Waals surface area (Å²) in [5, 5.41) is 3.91. The second-order valence-corrected chi connectivity index (χ2v) is 5.62. The molecule has 2 aromatic heterocycles. The first-order valence-corrected chi connectivity index (χ1v) is 6.89. The molecule has 0 radical (unpaired) electrons. The average molecular weight is 317 g/mol. The van der Waals surface area contributed by atoms with Crippen LogP contribution in [-0.4, -0.2) is 23.2 Å². The van der Waals surface area contributed by atoms with Gasteiger partial charge in [-0.15, -0.1) is 0 Å². The van der Waals surface area contributed by atoms with Crippen molar-refractivity contribution < 1.29 is 8.42 Å². The summed E-state index contributed by atoms with van der Waals surface area (Å²) in [7, 11) is -2.08. The highest BCUT2D eigenvalue weighted by molar-refractivity contribution is 9.10. The summed E-state index contributed by atoms with van der Waals surface area (Å²) in [6, 6.07) is 4.68. The number of aryl methyl sites for hydroxylation is 1. The Morgan fingerprint density at radius 2 is 2.12 bits per heavy atom. The quantitative estimate of drug-likeness (QED) is 0.868. The maximum absolute atomic E-state index is 12.0. The molecule has 8 heteroatoms. The van der Waals surface area contributed by atoms with Crippen LogP contribution in [0, 0.1) is 0 Å². The number of nitrogens with one attached hydrogen (secondary N) is 1. The predicted octanol–water partition coefficient (Wildman–Crippen LogP) is 1.38. The van der Waals surface area contributed by atoms with E-state index >= 15 is 0 Å². The summed E-state index contributed by atoms with van der Waals surface area (Å²) in [5.41, 5.74) is 0.383. The normalized spacial score (nSPS) is 11.4. The third-order valence-electron chi connectivity index (χ3n) is 2.05. The summed E-state index contributed by atoms with van der Waals surface area (Å²) in [6.45, 7) is 0. The third kappa shape index (κ3) is 2.47. The fourth-order valence-corrected chi connectivity index (χ4v) is 2.96. The van der Waals surface area contributed by atoms with E-state index in [1.807, 2.05) is 0 Å². The van der Waals surface area contributed by atoms with Gasteiger partial charge in [0.15, 0.2) is 5.03 Å². The Kier molecular flexibility index (Phi) is 3.16. The van der Waals surface area contributed by atoms with Crippen LogP contribution in [0.5, 0.6) is 0 Å². The monoisotopic (exact) mass is 316 g/mol. The zero-order chi connectivity index (χ0) is 12.5. The van der Waals surface area contributed by atoms with E-state index in [-0.39, 0.29) is 5.03 Å². The van der Waals surface area contributed by atoms with Crippen LogP contribution in [0.1, 0.15) is 0 Å². The molecule has 0 atom stereocenters. The van der Waals surface area contributed by atoms with Crippen LogP contribution in [-0.2, 0) is 17.1 Å². The zero-order valence-corrected chi connectivity index (χ0v) is 11.2. The Morgan fingerprint density at radius 1 is 1.35 bits per heavy atom. The molecule has 2 rings (SSSR count). The summed E-state index contributed by atoms with van der Waals surface area (Å²) in [6.07, 6.45) is 2.98. The van der Waals surface area contributed by atoms with Crippen molar-refractivity contribution in [1.82, 2.24) is 14.8 Å². The maximum atomic E-state index is 12.0. The molecule has 0 spiro atoms. The number of nitrogens with zero attached hydrogens (tertiary/aromatic N) is 3. The van der Waals surface area contributed by atoms with E-state index in [4.69, 9.17) is 0 Å². The van der Waals surface area contributed by atoms with E-state index in [1.54, 1.807) is 25.4 Å². The van der Waals surface area contributed by atoms with Crippen LogP contribution in [0.2, 0.25) is 0 Å². The Hall–Kier alpha value is -1.41. The number of hydrogen-bond donors (Lipinski definition) is 1. The van der Waals surface area contributed by atoms with Crippen LogP contribution in [0.4, 0.5) is 5.69 Å². The van der Waals surface area contributed by atoms with Gasteiger partial charge in [-0.3, -0.25) is 9.40 Å². The average Bonchev–Trinajstić information content (AvgIpc) is 2.68. The summed E-state index contributed by atoms with van der Waals surface area (Å²) >= 11 is 3.17. The number of halogens is 1. The van der Waals surface area contributed by atoms with Crippen molar-refractivity contribution >= 4 is 31.6 Å². The van der Waals surface area contributed by atoms with E-state index < -0.39 is 10.0 Å². The van der Waals surface area contributed by atoms with E-state index in [0.717, 1.165) is 0 Å². The largest absolute Gasteiger partial charge is 0.279 e. The molecule has 90 valence electrons. The number of anilines is 1. The fraction of sp³-hybridized carbons (Fsp3) is 0.111. The molecule has 0 saturated carbocycles. The van der Waals surface area contributed by atoms with Gasteiger partial charge in [0.2, 0.25) is 0 Å². The van der Waals surface area contributed by atoms with Crippen LogP contribution in [0.25, 0.3) is 0 Å². The molecule has 1 N–H and O–H groups in total. The van der Waals surface area contributed by atoms with Crippen molar-refractivity contribution in [1.29, 1.82) is 0 Å². The lowest BCUT2D eigenvalue weighted by Crippen LogP contribution is -2.17. The SMILES string of the molecule is Cn1nccc1S(=O)(=O)Nc1cccnc1Br. The van der Waals surface area contributed by atoms with Gasteiger partial charge in [0.1, 0.15) is 4.60 Å². The Balaban J connectivity index is 2.37. The minimum Gasteiger partial charge on any atom is -0.276 e. The lowest BCUT2D eigenvalue weighted by atomic mass is 10.4. The third-order valence-corrected chi connectivity index (χ3v) is 4.13. The van der Waals surface area contributed by atoms with E-state index in [9.17, 15) is 8.42 Å². The maximum Gasteiger partial charge on any atom is 0.279 e.